The standard InChI is InChI=1S/C12H15NO6S2/c1-8-3-2-4-10(11(8)12(14)15)13-21(18,19)9-5-6-20(16,17)7-9/h2-4,9,13H,5-7H2,1H3,(H,14,15). The largest absolute Gasteiger partial charge is 0.478 e. The summed E-state index contributed by atoms with van der Waals surface area (Å²) in [6.07, 6.45) is 0.0197. The molecule has 7 nitrogen and oxygen atoms in total. The molecule has 1 fully saturated rings. The van der Waals surface area contributed by atoms with E-state index in [-0.39, 0.29) is 23.4 Å². The third-order valence-electron chi connectivity index (χ3n) is 3.37. The van der Waals surface area contributed by atoms with Gasteiger partial charge in [0, 0.05) is 0 Å². The van der Waals surface area contributed by atoms with Crippen LogP contribution >= 0.6 is 0 Å². The van der Waals surface area contributed by atoms with E-state index in [4.69, 9.17) is 5.11 Å². The predicted octanol–water partition coefficient (Wildman–Crippen LogP) is 0.622. The summed E-state index contributed by atoms with van der Waals surface area (Å²) in [7, 11) is -7.29. The summed E-state index contributed by atoms with van der Waals surface area (Å²) in [6, 6.07) is 4.43. The summed E-state index contributed by atoms with van der Waals surface area (Å²) in [5, 5.41) is 8.11. The molecular formula is C12H15NO6S2. The average Bonchev–Trinajstić information content (AvgIpc) is 2.69. The molecule has 1 atom stereocenters. The lowest BCUT2D eigenvalue weighted by molar-refractivity contribution is 0.0697. The number of aromatic carboxylic acids is 1. The van der Waals surface area contributed by atoms with Crippen LogP contribution in [-0.2, 0) is 19.9 Å². The number of anilines is 1. The van der Waals surface area contributed by atoms with Crippen LogP contribution in [0.4, 0.5) is 5.69 Å². The van der Waals surface area contributed by atoms with Crippen LogP contribution in [0.5, 0.6) is 0 Å². The van der Waals surface area contributed by atoms with Crippen molar-refractivity contribution in [2.45, 2.75) is 18.6 Å². The number of aryl methyl sites for hydroxylation is 1. The lowest BCUT2D eigenvalue weighted by Crippen LogP contribution is -2.29. The normalized spacial score (nSPS) is 21.1. The number of hydrogen-bond donors (Lipinski definition) is 2. The topological polar surface area (TPSA) is 118 Å². The maximum absolute atomic E-state index is 12.2. The summed E-state index contributed by atoms with van der Waals surface area (Å²) >= 11 is 0. The highest BCUT2D eigenvalue weighted by Crippen LogP contribution is 2.25. The highest BCUT2D eigenvalue weighted by molar-refractivity contribution is 7.97. The Hall–Kier alpha value is -1.61. The van der Waals surface area contributed by atoms with E-state index in [2.05, 4.69) is 4.72 Å². The molecular weight excluding hydrogens is 318 g/mol. The molecule has 0 bridgehead atoms. The van der Waals surface area contributed by atoms with Gasteiger partial charge in [0.05, 0.1) is 28.0 Å². The van der Waals surface area contributed by atoms with Crippen molar-refractivity contribution in [2.75, 3.05) is 16.2 Å². The zero-order chi connectivity index (χ0) is 15.8. The van der Waals surface area contributed by atoms with Crippen LogP contribution in [0.1, 0.15) is 22.3 Å². The molecule has 1 aromatic carbocycles. The summed E-state index contributed by atoms with van der Waals surface area (Å²) in [6.45, 7) is 1.56. The molecule has 1 heterocycles. The molecule has 1 unspecified atom stereocenters. The van der Waals surface area contributed by atoms with Crippen molar-refractivity contribution in [1.82, 2.24) is 0 Å². The Morgan fingerprint density at radius 2 is 2.05 bits per heavy atom. The number of carboxylic acids is 1. The molecule has 0 saturated carbocycles. The predicted molar refractivity (Wildman–Crippen MR) is 77.7 cm³/mol. The molecule has 2 N–H and O–H groups in total. The Balaban J connectivity index is 2.34. The Labute approximate surface area is 123 Å². The van der Waals surface area contributed by atoms with Gasteiger partial charge < -0.3 is 5.11 Å². The first-order valence-corrected chi connectivity index (χ1v) is 9.54. The summed E-state index contributed by atoms with van der Waals surface area (Å²) in [5.74, 6) is -1.85. The number of benzene rings is 1. The van der Waals surface area contributed by atoms with Crippen molar-refractivity contribution in [3.63, 3.8) is 0 Å². The number of carboxylic acid groups (broad SMARTS) is 1. The third kappa shape index (κ3) is 3.35. The second-order valence-electron chi connectivity index (χ2n) is 4.97. The Morgan fingerprint density at radius 1 is 1.38 bits per heavy atom. The Kier molecular flexibility index (Phi) is 3.98. The highest BCUT2D eigenvalue weighted by atomic mass is 32.2. The van der Waals surface area contributed by atoms with Crippen molar-refractivity contribution < 1.29 is 26.7 Å². The third-order valence-corrected chi connectivity index (χ3v) is 7.13. The fraction of sp³-hybridized carbons (Fsp3) is 0.417. The SMILES string of the molecule is Cc1cccc(NS(=O)(=O)C2CCS(=O)(=O)C2)c1C(=O)O. The second kappa shape index (κ2) is 5.30. The van der Waals surface area contributed by atoms with E-state index in [9.17, 15) is 21.6 Å². The number of carbonyl (C=O) groups is 1. The smallest absolute Gasteiger partial charge is 0.338 e. The van der Waals surface area contributed by atoms with Gasteiger partial charge in [-0.15, -0.1) is 0 Å². The van der Waals surface area contributed by atoms with E-state index in [0.29, 0.717) is 5.56 Å². The molecule has 1 saturated heterocycles. The van der Waals surface area contributed by atoms with Crippen molar-refractivity contribution >= 4 is 31.5 Å². The van der Waals surface area contributed by atoms with Crippen molar-refractivity contribution in [1.29, 1.82) is 0 Å². The molecule has 0 aromatic heterocycles. The van der Waals surface area contributed by atoms with Gasteiger partial charge in [0.15, 0.2) is 9.84 Å². The maximum Gasteiger partial charge on any atom is 0.338 e. The molecule has 0 spiro atoms. The van der Waals surface area contributed by atoms with Crippen molar-refractivity contribution in [2.24, 2.45) is 0 Å². The first kappa shape index (κ1) is 15.8. The van der Waals surface area contributed by atoms with E-state index in [1.165, 1.54) is 12.1 Å². The van der Waals surface area contributed by atoms with Crippen LogP contribution in [0.15, 0.2) is 18.2 Å². The van der Waals surface area contributed by atoms with Gasteiger partial charge >= 0.3 is 5.97 Å². The first-order valence-electron chi connectivity index (χ1n) is 6.17. The molecule has 2 rings (SSSR count). The minimum Gasteiger partial charge on any atom is -0.478 e. The van der Waals surface area contributed by atoms with Crippen molar-refractivity contribution in [3.8, 4) is 0 Å². The highest BCUT2D eigenvalue weighted by Gasteiger charge is 2.37. The van der Waals surface area contributed by atoms with Crippen LogP contribution in [-0.4, -0.2) is 44.7 Å². The van der Waals surface area contributed by atoms with E-state index >= 15 is 0 Å². The number of nitrogens with one attached hydrogen (secondary N) is 1. The molecule has 0 amide bonds. The van der Waals surface area contributed by atoms with E-state index < -0.39 is 36.8 Å². The summed E-state index contributed by atoms with van der Waals surface area (Å²) in [5.41, 5.74) is 0.232. The minimum absolute atomic E-state index is 0.0197. The van der Waals surface area contributed by atoms with E-state index in [1.807, 2.05) is 0 Å². The monoisotopic (exact) mass is 333 g/mol. The van der Waals surface area contributed by atoms with Gasteiger partial charge in [-0.1, -0.05) is 12.1 Å². The Bertz CT molecular complexity index is 782. The minimum atomic E-state index is -3.95. The first-order chi connectivity index (χ1) is 9.62. The van der Waals surface area contributed by atoms with Crippen LogP contribution in [0, 0.1) is 6.92 Å². The lowest BCUT2D eigenvalue weighted by atomic mass is 10.1. The van der Waals surface area contributed by atoms with Crippen LogP contribution < -0.4 is 4.72 Å². The molecule has 1 aliphatic heterocycles. The summed E-state index contributed by atoms with van der Waals surface area (Å²) in [4.78, 5) is 11.2. The fourth-order valence-electron chi connectivity index (χ4n) is 2.28. The van der Waals surface area contributed by atoms with E-state index in [1.54, 1.807) is 13.0 Å². The van der Waals surface area contributed by atoms with Gasteiger partial charge in [-0.05, 0) is 25.0 Å². The molecule has 116 valence electrons. The van der Waals surface area contributed by atoms with E-state index in [0.717, 1.165) is 0 Å². The molecule has 0 aliphatic carbocycles. The van der Waals surface area contributed by atoms with Crippen LogP contribution in [0.2, 0.25) is 0 Å². The Morgan fingerprint density at radius 3 is 2.57 bits per heavy atom. The molecule has 21 heavy (non-hydrogen) atoms. The molecule has 1 aromatic rings. The quantitative estimate of drug-likeness (QED) is 0.834. The van der Waals surface area contributed by atoms with Gasteiger partial charge in [0.25, 0.3) is 0 Å². The molecule has 9 heteroatoms. The molecule has 1 aliphatic rings. The maximum atomic E-state index is 12.2. The fourth-order valence-corrected chi connectivity index (χ4v) is 6.38. The van der Waals surface area contributed by atoms with Gasteiger partial charge in [-0.25, -0.2) is 21.6 Å². The van der Waals surface area contributed by atoms with Gasteiger partial charge in [0.1, 0.15) is 0 Å². The number of rotatable bonds is 4. The number of sulfone groups is 1. The van der Waals surface area contributed by atoms with Crippen LogP contribution in [0.3, 0.4) is 0 Å². The van der Waals surface area contributed by atoms with Crippen molar-refractivity contribution in [3.05, 3.63) is 29.3 Å². The van der Waals surface area contributed by atoms with Gasteiger partial charge in [-0.3, -0.25) is 4.72 Å². The van der Waals surface area contributed by atoms with Gasteiger partial charge in [-0.2, -0.15) is 0 Å². The molecule has 0 radical (unpaired) electrons. The number of hydrogen-bond acceptors (Lipinski definition) is 5. The van der Waals surface area contributed by atoms with Gasteiger partial charge in [0.2, 0.25) is 10.0 Å². The lowest BCUT2D eigenvalue weighted by Gasteiger charge is -2.15. The zero-order valence-electron chi connectivity index (χ0n) is 11.2. The number of sulfonamides is 1. The second-order valence-corrected chi connectivity index (χ2v) is 9.16. The zero-order valence-corrected chi connectivity index (χ0v) is 12.9. The van der Waals surface area contributed by atoms with Crippen LogP contribution in [0.25, 0.3) is 0 Å². The average molecular weight is 333 g/mol. The summed E-state index contributed by atoms with van der Waals surface area (Å²) < 4.78 is 49.4.